The average Bonchev–Trinajstić information content (AvgIpc) is 2.81. The molecule has 1 N–H and O–H groups in total. The molecular weight excluding hydrogens is 256 g/mol. The molecule has 3 aromatic rings. The van der Waals surface area contributed by atoms with E-state index in [1.807, 2.05) is 25.1 Å². The standard InChI is InChI=1S/C14H12N4O2/c1-9-3-2-4-11(15-9)8-18-13-7-10(14(19)20)5-6-12(13)16-17-18/h2-7H,8H2,1H3,(H,19,20). The van der Waals surface area contributed by atoms with E-state index in [2.05, 4.69) is 15.3 Å². The van der Waals surface area contributed by atoms with Gasteiger partial charge < -0.3 is 5.11 Å². The fourth-order valence-corrected chi connectivity index (χ4v) is 2.06. The maximum Gasteiger partial charge on any atom is 0.335 e. The van der Waals surface area contributed by atoms with E-state index in [-0.39, 0.29) is 5.56 Å². The van der Waals surface area contributed by atoms with Crippen LogP contribution in [0, 0.1) is 6.92 Å². The zero-order valence-electron chi connectivity index (χ0n) is 10.8. The van der Waals surface area contributed by atoms with Crippen molar-refractivity contribution in [3.63, 3.8) is 0 Å². The van der Waals surface area contributed by atoms with Crippen molar-refractivity contribution in [3.8, 4) is 0 Å². The van der Waals surface area contributed by atoms with Crippen LogP contribution in [0.3, 0.4) is 0 Å². The van der Waals surface area contributed by atoms with Gasteiger partial charge in [-0.2, -0.15) is 0 Å². The number of aryl methyl sites for hydroxylation is 1. The maximum atomic E-state index is 11.0. The van der Waals surface area contributed by atoms with Crippen molar-refractivity contribution in [2.45, 2.75) is 13.5 Å². The Hall–Kier alpha value is -2.76. The monoisotopic (exact) mass is 268 g/mol. The van der Waals surface area contributed by atoms with Crippen LogP contribution in [0.5, 0.6) is 0 Å². The Labute approximate surface area is 114 Å². The number of nitrogens with zero attached hydrogens (tertiary/aromatic N) is 4. The van der Waals surface area contributed by atoms with Gasteiger partial charge in [-0.05, 0) is 37.3 Å². The predicted octanol–water partition coefficient (Wildman–Crippen LogP) is 1.88. The molecule has 6 heteroatoms. The molecule has 0 atom stereocenters. The van der Waals surface area contributed by atoms with Crippen molar-refractivity contribution >= 4 is 17.0 Å². The second-order valence-corrected chi connectivity index (χ2v) is 4.53. The third-order valence-electron chi connectivity index (χ3n) is 3.02. The Bertz CT molecular complexity index is 795. The number of carboxylic acid groups (broad SMARTS) is 1. The van der Waals surface area contributed by atoms with Gasteiger partial charge in [0, 0.05) is 5.69 Å². The highest BCUT2D eigenvalue weighted by molar-refractivity contribution is 5.92. The number of rotatable bonds is 3. The van der Waals surface area contributed by atoms with Crippen molar-refractivity contribution in [1.29, 1.82) is 0 Å². The molecule has 0 saturated heterocycles. The smallest absolute Gasteiger partial charge is 0.335 e. The minimum Gasteiger partial charge on any atom is -0.478 e. The Balaban J connectivity index is 2.03. The van der Waals surface area contributed by atoms with E-state index in [0.717, 1.165) is 11.4 Å². The van der Waals surface area contributed by atoms with Crippen LogP contribution in [0.4, 0.5) is 0 Å². The topological polar surface area (TPSA) is 80.9 Å². The van der Waals surface area contributed by atoms with Crippen LogP contribution in [0.25, 0.3) is 11.0 Å². The second kappa shape index (κ2) is 4.73. The molecular formula is C14H12N4O2. The Morgan fingerprint density at radius 1 is 1.30 bits per heavy atom. The lowest BCUT2D eigenvalue weighted by molar-refractivity contribution is 0.0697. The van der Waals surface area contributed by atoms with E-state index in [0.29, 0.717) is 17.6 Å². The molecule has 0 fully saturated rings. The minimum atomic E-state index is -0.965. The molecule has 0 aliphatic rings. The van der Waals surface area contributed by atoms with Crippen molar-refractivity contribution < 1.29 is 9.90 Å². The predicted molar refractivity (Wildman–Crippen MR) is 72.6 cm³/mol. The summed E-state index contributed by atoms with van der Waals surface area (Å²) < 4.78 is 1.66. The minimum absolute atomic E-state index is 0.221. The van der Waals surface area contributed by atoms with Crippen molar-refractivity contribution in [3.05, 3.63) is 53.3 Å². The number of carboxylic acids is 1. The van der Waals surface area contributed by atoms with E-state index < -0.39 is 5.97 Å². The SMILES string of the molecule is Cc1cccc(Cn2nnc3ccc(C(=O)O)cc32)n1. The number of hydrogen-bond donors (Lipinski definition) is 1. The Morgan fingerprint density at radius 3 is 2.90 bits per heavy atom. The number of fused-ring (bicyclic) bond motifs is 1. The van der Waals surface area contributed by atoms with Crippen LogP contribution >= 0.6 is 0 Å². The first-order chi connectivity index (χ1) is 9.63. The zero-order chi connectivity index (χ0) is 14.1. The second-order valence-electron chi connectivity index (χ2n) is 4.53. The Morgan fingerprint density at radius 2 is 2.15 bits per heavy atom. The summed E-state index contributed by atoms with van der Waals surface area (Å²) in [4.78, 5) is 15.4. The molecule has 3 rings (SSSR count). The van der Waals surface area contributed by atoms with Crippen LogP contribution in [0.15, 0.2) is 36.4 Å². The first kappa shape index (κ1) is 12.3. The molecule has 0 amide bonds. The molecule has 0 spiro atoms. The van der Waals surface area contributed by atoms with Crippen LogP contribution in [-0.2, 0) is 6.54 Å². The van der Waals surface area contributed by atoms with E-state index in [1.165, 1.54) is 6.07 Å². The van der Waals surface area contributed by atoms with Gasteiger partial charge in [0.25, 0.3) is 0 Å². The summed E-state index contributed by atoms with van der Waals surface area (Å²) in [7, 11) is 0. The van der Waals surface area contributed by atoms with E-state index >= 15 is 0 Å². The van der Waals surface area contributed by atoms with Crippen molar-refractivity contribution in [1.82, 2.24) is 20.0 Å². The molecule has 20 heavy (non-hydrogen) atoms. The van der Waals surface area contributed by atoms with E-state index in [4.69, 9.17) is 5.11 Å². The van der Waals surface area contributed by atoms with Crippen LogP contribution in [0.2, 0.25) is 0 Å². The van der Waals surface area contributed by atoms with Crippen LogP contribution in [-0.4, -0.2) is 31.1 Å². The highest BCUT2D eigenvalue weighted by atomic mass is 16.4. The van der Waals surface area contributed by atoms with Gasteiger partial charge in [0.2, 0.25) is 0 Å². The summed E-state index contributed by atoms with van der Waals surface area (Å²) in [6.45, 7) is 2.38. The molecule has 2 aromatic heterocycles. The average molecular weight is 268 g/mol. The highest BCUT2D eigenvalue weighted by Crippen LogP contribution is 2.15. The summed E-state index contributed by atoms with van der Waals surface area (Å²) in [5, 5.41) is 17.1. The van der Waals surface area contributed by atoms with Crippen LogP contribution < -0.4 is 0 Å². The molecule has 0 bridgehead atoms. The molecule has 2 heterocycles. The van der Waals surface area contributed by atoms with Crippen molar-refractivity contribution in [2.75, 3.05) is 0 Å². The van der Waals surface area contributed by atoms with E-state index in [9.17, 15) is 4.79 Å². The number of pyridine rings is 1. The highest BCUT2D eigenvalue weighted by Gasteiger charge is 2.10. The lowest BCUT2D eigenvalue weighted by atomic mass is 10.2. The lowest BCUT2D eigenvalue weighted by Gasteiger charge is -2.03. The van der Waals surface area contributed by atoms with Crippen LogP contribution in [0.1, 0.15) is 21.7 Å². The van der Waals surface area contributed by atoms with Gasteiger partial charge in [-0.3, -0.25) is 4.98 Å². The fraction of sp³-hybridized carbons (Fsp3) is 0.143. The summed E-state index contributed by atoms with van der Waals surface area (Å²) in [6.07, 6.45) is 0. The summed E-state index contributed by atoms with van der Waals surface area (Å²) in [5.41, 5.74) is 3.37. The van der Waals surface area contributed by atoms with Crippen molar-refractivity contribution in [2.24, 2.45) is 0 Å². The van der Waals surface area contributed by atoms with Gasteiger partial charge in [0.05, 0.1) is 23.3 Å². The number of aromatic nitrogens is 4. The fourth-order valence-electron chi connectivity index (χ4n) is 2.06. The van der Waals surface area contributed by atoms with Gasteiger partial charge >= 0.3 is 5.97 Å². The van der Waals surface area contributed by atoms with Gasteiger partial charge in [0.1, 0.15) is 5.52 Å². The molecule has 1 aromatic carbocycles. The molecule has 0 radical (unpaired) electrons. The van der Waals surface area contributed by atoms with Gasteiger partial charge in [0.15, 0.2) is 0 Å². The largest absolute Gasteiger partial charge is 0.478 e. The summed E-state index contributed by atoms with van der Waals surface area (Å²) in [5.74, 6) is -0.965. The molecule has 0 saturated carbocycles. The molecule has 0 aliphatic heterocycles. The lowest BCUT2D eigenvalue weighted by Crippen LogP contribution is -2.05. The quantitative estimate of drug-likeness (QED) is 0.784. The summed E-state index contributed by atoms with van der Waals surface area (Å²) in [6, 6.07) is 10.5. The maximum absolute atomic E-state index is 11.0. The molecule has 0 unspecified atom stereocenters. The Kier molecular flexibility index (Phi) is 2.90. The number of hydrogen-bond acceptors (Lipinski definition) is 4. The normalized spacial score (nSPS) is 10.8. The molecule has 100 valence electrons. The summed E-state index contributed by atoms with van der Waals surface area (Å²) >= 11 is 0. The van der Waals surface area contributed by atoms with E-state index in [1.54, 1.807) is 16.8 Å². The third kappa shape index (κ3) is 2.23. The number of carbonyl (C=O) groups is 1. The first-order valence-electron chi connectivity index (χ1n) is 6.12. The van der Waals surface area contributed by atoms with Gasteiger partial charge in [-0.1, -0.05) is 11.3 Å². The third-order valence-corrected chi connectivity index (χ3v) is 3.02. The molecule has 0 aliphatic carbocycles. The van der Waals surface area contributed by atoms with Gasteiger partial charge in [-0.15, -0.1) is 5.10 Å². The first-order valence-corrected chi connectivity index (χ1v) is 6.12. The van der Waals surface area contributed by atoms with Gasteiger partial charge in [-0.25, -0.2) is 9.48 Å². The number of aromatic carboxylic acids is 1. The molecule has 6 nitrogen and oxygen atoms in total. The number of benzene rings is 1. The zero-order valence-corrected chi connectivity index (χ0v) is 10.8.